The van der Waals surface area contributed by atoms with E-state index in [1.165, 1.54) is 0 Å². The van der Waals surface area contributed by atoms with Crippen LogP contribution in [0.15, 0.2) is 30.3 Å². The smallest absolute Gasteiger partial charge is 0.332 e. The van der Waals surface area contributed by atoms with Gasteiger partial charge in [0.2, 0.25) is 0 Å². The lowest BCUT2D eigenvalue weighted by Crippen LogP contribution is -2.33. The predicted octanol–water partition coefficient (Wildman–Crippen LogP) is 3.21. The molecule has 0 aliphatic heterocycles. The molecule has 0 radical (unpaired) electrons. The fraction of sp³-hybridized carbons (Fsp3) is 0.533. The van der Waals surface area contributed by atoms with Gasteiger partial charge < -0.3 is 4.74 Å². The minimum atomic E-state index is -4.45. The Morgan fingerprint density at radius 2 is 1.76 bits per heavy atom. The van der Waals surface area contributed by atoms with E-state index in [1.807, 2.05) is 0 Å². The Labute approximate surface area is 126 Å². The summed E-state index contributed by atoms with van der Waals surface area (Å²) in [6, 6.07) is 8.22. The third-order valence-corrected chi connectivity index (χ3v) is 4.30. The Balaban J connectivity index is 2.59. The van der Waals surface area contributed by atoms with Gasteiger partial charge in [0.05, 0.1) is 0 Å². The summed E-state index contributed by atoms with van der Waals surface area (Å²) in [6.07, 6.45) is 4.62. The van der Waals surface area contributed by atoms with Crippen LogP contribution in [0.3, 0.4) is 0 Å². The first-order chi connectivity index (χ1) is 9.95. The molecule has 0 fully saturated rings. The standard InChI is InChI=1S/C15H22O5S/c1-2-3-4-5-9-12-14(21(17,18)19)15(16)20-13-10-7-6-8-11-13/h6-8,10-11,14H,2-5,9,12H2,1H3,(H,17,18,19). The molecule has 1 unspecified atom stereocenters. The van der Waals surface area contributed by atoms with Gasteiger partial charge in [-0.2, -0.15) is 8.42 Å². The molecule has 0 amide bonds. The summed E-state index contributed by atoms with van der Waals surface area (Å²) in [6.45, 7) is 2.08. The second-order valence-electron chi connectivity index (χ2n) is 4.94. The molecule has 118 valence electrons. The van der Waals surface area contributed by atoms with Crippen molar-refractivity contribution in [1.82, 2.24) is 0 Å². The van der Waals surface area contributed by atoms with E-state index in [1.54, 1.807) is 30.3 Å². The number of unbranched alkanes of at least 4 members (excludes halogenated alkanes) is 4. The SMILES string of the molecule is CCCCCCCC(C(=O)Oc1ccccc1)S(=O)(=O)O. The quantitative estimate of drug-likeness (QED) is 0.327. The molecule has 21 heavy (non-hydrogen) atoms. The normalized spacial score (nSPS) is 12.9. The van der Waals surface area contributed by atoms with Gasteiger partial charge in [-0.25, -0.2) is 0 Å². The average Bonchev–Trinajstić information content (AvgIpc) is 2.42. The van der Waals surface area contributed by atoms with Crippen molar-refractivity contribution >= 4 is 16.1 Å². The van der Waals surface area contributed by atoms with E-state index in [-0.39, 0.29) is 12.2 Å². The van der Waals surface area contributed by atoms with Gasteiger partial charge >= 0.3 is 5.97 Å². The van der Waals surface area contributed by atoms with E-state index in [2.05, 4.69) is 6.92 Å². The maximum atomic E-state index is 11.9. The molecule has 0 bridgehead atoms. The van der Waals surface area contributed by atoms with Crippen molar-refractivity contribution in [2.45, 2.75) is 50.7 Å². The molecule has 0 saturated carbocycles. The number of para-hydroxylation sites is 1. The van der Waals surface area contributed by atoms with E-state index in [4.69, 9.17) is 4.74 Å². The van der Waals surface area contributed by atoms with Crippen molar-refractivity contribution in [3.8, 4) is 5.75 Å². The van der Waals surface area contributed by atoms with Crippen LogP contribution in [0.2, 0.25) is 0 Å². The number of hydrogen-bond donors (Lipinski definition) is 1. The molecular formula is C15H22O5S. The number of carbonyl (C=O) groups excluding carboxylic acids is 1. The Bertz CT molecular complexity index is 524. The number of benzene rings is 1. The summed E-state index contributed by atoms with van der Waals surface area (Å²) >= 11 is 0. The Morgan fingerprint density at radius 1 is 1.14 bits per heavy atom. The lowest BCUT2D eigenvalue weighted by atomic mass is 10.1. The molecule has 1 aromatic carbocycles. The highest BCUT2D eigenvalue weighted by Gasteiger charge is 2.32. The second kappa shape index (κ2) is 8.79. The highest BCUT2D eigenvalue weighted by atomic mass is 32.2. The Morgan fingerprint density at radius 3 is 2.33 bits per heavy atom. The Hall–Kier alpha value is -1.40. The fourth-order valence-electron chi connectivity index (χ4n) is 1.99. The van der Waals surface area contributed by atoms with Crippen molar-refractivity contribution in [1.29, 1.82) is 0 Å². The van der Waals surface area contributed by atoms with Gasteiger partial charge in [0.15, 0.2) is 5.25 Å². The van der Waals surface area contributed by atoms with E-state index in [0.29, 0.717) is 6.42 Å². The molecule has 0 spiro atoms. The number of hydrogen-bond acceptors (Lipinski definition) is 4. The van der Waals surface area contributed by atoms with Crippen LogP contribution in [0, 0.1) is 0 Å². The zero-order valence-electron chi connectivity index (χ0n) is 12.2. The monoisotopic (exact) mass is 314 g/mol. The van der Waals surface area contributed by atoms with Gasteiger partial charge in [-0.1, -0.05) is 57.2 Å². The van der Waals surface area contributed by atoms with Gasteiger partial charge in [-0.05, 0) is 18.6 Å². The van der Waals surface area contributed by atoms with Crippen LogP contribution in [0.5, 0.6) is 5.75 Å². The molecule has 0 aromatic heterocycles. The molecule has 1 aromatic rings. The molecule has 5 nitrogen and oxygen atoms in total. The first-order valence-corrected chi connectivity index (χ1v) is 8.68. The molecule has 0 heterocycles. The topological polar surface area (TPSA) is 80.7 Å². The van der Waals surface area contributed by atoms with Gasteiger partial charge in [0.25, 0.3) is 10.1 Å². The van der Waals surface area contributed by atoms with Crippen molar-refractivity contribution in [2.75, 3.05) is 0 Å². The first kappa shape index (κ1) is 17.7. The minimum Gasteiger partial charge on any atom is -0.426 e. The molecule has 1 N–H and O–H groups in total. The zero-order chi connectivity index (χ0) is 15.7. The molecule has 0 aliphatic rings. The van der Waals surface area contributed by atoms with E-state index >= 15 is 0 Å². The maximum absolute atomic E-state index is 11.9. The van der Waals surface area contributed by atoms with E-state index in [0.717, 1.165) is 25.7 Å². The third kappa shape index (κ3) is 6.73. The van der Waals surface area contributed by atoms with E-state index in [9.17, 15) is 17.8 Å². The van der Waals surface area contributed by atoms with Gasteiger partial charge in [-0.3, -0.25) is 9.35 Å². The molecular weight excluding hydrogens is 292 g/mol. The van der Waals surface area contributed by atoms with Gasteiger partial charge in [0, 0.05) is 0 Å². The number of carbonyl (C=O) groups is 1. The summed E-state index contributed by atoms with van der Waals surface area (Å²) < 4.78 is 36.9. The van der Waals surface area contributed by atoms with Crippen molar-refractivity contribution in [3.05, 3.63) is 30.3 Å². The zero-order valence-corrected chi connectivity index (χ0v) is 13.0. The van der Waals surface area contributed by atoms with Crippen LogP contribution < -0.4 is 4.74 Å². The van der Waals surface area contributed by atoms with Crippen LogP contribution >= 0.6 is 0 Å². The van der Waals surface area contributed by atoms with Crippen LogP contribution in [0.4, 0.5) is 0 Å². The van der Waals surface area contributed by atoms with Gasteiger partial charge in [-0.15, -0.1) is 0 Å². The number of rotatable bonds is 9. The predicted molar refractivity (Wildman–Crippen MR) is 80.8 cm³/mol. The maximum Gasteiger partial charge on any atom is 0.332 e. The molecule has 0 aliphatic carbocycles. The van der Waals surface area contributed by atoms with Gasteiger partial charge in [0.1, 0.15) is 5.75 Å². The number of ether oxygens (including phenoxy) is 1. The molecule has 6 heteroatoms. The molecule has 1 rings (SSSR count). The molecule has 1 atom stereocenters. The lowest BCUT2D eigenvalue weighted by molar-refractivity contribution is -0.134. The Kier molecular flexibility index (Phi) is 7.39. The summed E-state index contributed by atoms with van der Waals surface area (Å²) in [5.74, 6) is -0.665. The third-order valence-electron chi connectivity index (χ3n) is 3.15. The second-order valence-corrected chi connectivity index (χ2v) is 6.54. The van der Waals surface area contributed by atoms with Crippen LogP contribution in [-0.4, -0.2) is 24.2 Å². The van der Waals surface area contributed by atoms with Crippen LogP contribution in [-0.2, 0) is 14.9 Å². The number of esters is 1. The van der Waals surface area contributed by atoms with Crippen LogP contribution in [0.1, 0.15) is 45.4 Å². The average molecular weight is 314 g/mol. The van der Waals surface area contributed by atoms with Crippen LogP contribution in [0.25, 0.3) is 0 Å². The fourth-order valence-corrected chi connectivity index (χ4v) is 2.75. The van der Waals surface area contributed by atoms with Crippen molar-refractivity contribution in [3.63, 3.8) is 0 Å². The lowest BCUT2D eigenvalue weighted by Gasteiger charge is -2.13. The summed E-state index contributed by atoms with van der Waals surface area (Å²) in [5, 5.41) is -1.51. The summed E-state index contributed by atoms with van der Waals surface area (Å²) in [5.41, 5.74) is 0. The first-order valence-electron chi connectivity index (χ1n) is 7.18. The summed E-state index contributed by atoms with van der Waals surface area (Å²) in [4.78, 5) is 11.9. The highest BCUT2D eigenvalue weighted by Crippen LogP contribution is 2.16. The highest BCUT2D eigenvalue weighted by molar-refractivity contribution is 7.87. The van der Waals surface area contributed by atoms with Crippen molar-refractivity contribution in [2.24, 2.45) is 0 Å². The molecule has 0 saturated heterocycles. The summed E-state index contributed by atoms with van der Waals surface area (Å²) in [7, 11) is -4.45. The largest absolute Gasteiger partial charge is 0.426 e. The minimum absolute atomic E-state index is 0.0776. The van der Waals surface area contributed by atoms with Crippen molar-refractivity contribution < 1.29 is 22.5 Å². The van der Waals surface area contributed by atoms with E-state index < -0.39 is 21.3 Å².